The minimum Gasteiger partial charge on any atom is -0.478 e. The van der Waals surface area contributed by atoms with Crippen LogP contribution in [0.3, 0.4) is 0 Å². The molecule has 0 saturated carbocycles. The van der Waals surface area contributed by atoms with Crippen LogP contribution in [0, 0.1) is 0 Å². The molecule has 0 aromatic carbocycles. The Kier molecular flexibility index (Phi) is 7.32. The minimum atomic E-state index is -1.13. The van der Waals surface area contributed by atoms with Gasteiger partial charge in [0.1, 0.15) is 0 Å². The molecule has 1 N–H and O–H groups in total. The van der Waals surface area contributed by atoms with E-state index in [1.165, 1.54) is 6.92 Å². The normalized spacial score (nSPS) is 11.2. The lowest BCUT2D eigenvalue weighted by atomic mass is 10.2. The topological polar surface area (TPSA) is 63.6 Å². The first kappa shape index (κ1) is 13.7. The molecule has 0 aromatic heterocycles. The van der Waals surface area contributed by atoms with Gasteiger partial charge in [0.05, 0.1) is 6.61 Å². The van der Waals surface area contributed by atoms with Gasteiger partial charge in [-0.2, -0.15) is 0 Å². The molecule has 4 heteroatoms. The number of aliphatic carboxylic acids is 1. The Balaban J connectivity index is 3.70. The third-order valence-electron chi connectivity index (χ3n) is 1.89. The molecule has 0 aromatic rings. The van der Waals surface area contributed by atoms with Crippen molar-refractivity contribution in [2.75, 3.05) is 6.61 Å². The average Bonchev–Trinajstić information content (AvgIpc) is 2.16. The van der Waals surface area contributed by atoms with Crippen LogP contribution >= 0.6 is 0 Å². The molecule has 0 spiro atoms. The Morgan fingerprint density at radius 3 is 2.47 bits per heavy atom. The highest BCUT2D eigenvalue weighted by Crippen LogP contribution is 2.01. The van der Waals surface area contributed by atoms with Crippen molar-refractivity contribution in [1.29, 1.82) is 0 Å². The van der Waals surface area contributed by atoms with Crippen LogP contribution in [0.2, 0.25) is 0 Å². The molecule has 0 bridgehead atoms. The lowest BCUT2D eigenvalue weighted by Gasteiger charge is -2.03. The van der Waals surface area contributed by atoms with E-state index < -0.39 is 11.9 Å². The monoisotopic (exact) mass is 214 g/mol. The second-order valence-electron chi connectivity index (χ2n) is 3.36. The number of ether oxygens (including phenoxy) is 1. The summed E-state index contributed by atoms with van der Waals surface area (Å²) in [4.78, 5) is 21.4. The number of carbonyl (C=O) groups is 2. The predicted molar refractivity (Wildman–Crippen MR) is 56.5 cm³/mol. The van der Waals surface area contributed by atoms with Crippen LogP contribution in [0.4, 0.5) is 0 Å². The van der Waals surface area contributed by atoms with Crippen molar-refractivity contribution in [2.24, 2.45) is 0 Å². The molecule has 0 amide bonds. The largest absolute Gasteiger partial charge is 0.478 e. The van der Waals surface area contributed by atoms with E-state index in [-0.39, 0.29) is 5.57 Å². The van der Waals surface area contributed by atoms with Crippen LogP contribution in [-0.4, -0.2) is 23.7 Å². The van der Waals surface area contributed by atoms with Crippen LogP contribution in [0.15, 0.2) is 11.6 Å². The van der Waals surface area contributed by atoms with Crippen molar-refractivity contribution < 1.29 is 19.4 Å². The average molecular weight is 214 g/mol. The highest BCUT2D eigenvalue weighted by molar-refractivity contribution is 5.95. The summed E-state index contributed by atoms with van der Waals surface area (Å²) in [6.45, 7) is 3.90. The molecular weight excluding hydrogens is 196 g/mol. The third-order valence-corrected chi connectivity index (χ3v) is 1.89. The fraction of sp³-hybridized carbons (Fsp3) is 0.636. The molecule has 0 aliphatic heterocycles. The second-order valence-corrected chi connectivity index (χ2v) is 3.36. The molecular formula is C11H18O4. The Labute approximate surface area is 89.9 Å². The van der Waals surface area contributed by atoms with Gasteiger partial charge in [0.2, 0.25) is 0 Å². The van der Waals surface area contributed by atoms with E-state index in [1.807, 2.05) is 0 Å². The number of hydrogen-bond acceptors (Lipinski definition) is 3. The van der Waals surface area contributed by atoms with Gasteiger partial charge in [0.25, 0.3) is 0 Å². The van der Waals surface area contributed by atoms with Gasteiger partial charge in [-0.1, -0.05) is 26.2 Å². The zero-order valence-corrected chi connectivity index (χ0v) is 9.28. The number of carbonyl (C=O) groups excluding carboxylic acids is 1. The molecule has 15 heavy (non-hydrogen) atoms. The molecule has 0 saturated heterocycles. The van der Waals surface area contributed by atoms with Crippen LogP contribution in [0.25, 0.3) is 0 Å². The quantitative estimate of drug-likeness (QED) is 0.400. The van der Waals surface area contributed by atoms with E-state index in [4.69, 9.17) is 9.84 Å². The van der Waals surface area contributed by atoms with Crippen LogP contribution in [0.1, 0.15) is 39.5 Å². The molecule has 4 nitrogen and oxygen atoms in total. The number of carboxylic acid groups (broad SMARTS) is 1. The zero-order chi connectivity index (χ0) is 11.7. The van der Waals surface area contributed by atoms with E-state index in [1.54, 1.807) is 0 Å². The number of unbranched alkanes of at least 4 members (excludes halogenated alkanes) is 3. The third kappa shape index (κ3) is 7.73. The summed E-state index contributed by atoms with van der Waals surface area (Å²) in [6.07, 6.45) is 4.98. The smallest absolute Gasteiger partial charge is 0.333 e. The lowest BCUT2D eigenvalue weighted by Crippen LogP contribution is -2.08. The van der Waals surface area contributed by atoms with Crippen LogP contribution < -0.4 is 0 Å². The molecule has 0 unspecified atom stereocenters. The maximum Gasteiger partial charge on any atom is 0.333 e. The van der Waals surface area contributed by atoms with Crippen molar-refractivity contribution in [1.82, 2.24) is 0 Å². The lowest BCUT2D eigenvalue weighted by molar-refractivity contribution is -0.140. The van der Waals surface area contributed by atoms with Gasteiger partial charge in [-0.25, -0.2) is 9.59 Å². The molecule has 0 rings (SSSR count). The van der Waals surface area contributed by atoms with E-state index in [0.717, 1.165) is 31.8 Å². The fourth-order valence-electron chi connectivity index (χ4n) is 1.05. The number of esters is 1. The maximum atomic E-state index is 11.2. The van der Waals surface area contributed by atoms with Crippen molar-refractivity contribution >= 4 is 11.9 Å². The second kappa shape index (κ2) is 8.03. The first-order chi connectivity index (χ1) is 7.07. The highest BCUT2D eigenvalue weighted by atomic mass is 16.5. The Morgan fingerprint density at radius 1 is 1.27 bits per heavy atom. The SMILES string of the molecule is CCCCCCOC(=O)/C(C)=C/C(=O)O. The molecule has 0 atom stereocenters. The van der Waals surface area contributed by atoms with Gasteiger partial charge in [-0.3, -0.25) is 0 Å². The Morgan fingerprint density at radius 2 is 1.93 bits per heavy atom. The Hall–Kier alpha value is -1.32. The van der Waals surface area contributed by atoms with E-state index >= 15 is 0 Å². The number of rotatable bonds is 7. The van der Waals surface area contributed by atoms with Crippen molar-refractivity contribution in [3.63, 3.8) is 0 Å². The van der Waals surface area contributed by atoms with Gasteiger partial charge >= 0.3 is 11.9 Å². The standard InChI is InChI=1S/C11H18O4/c1-3-4-5-6-7-15-11(14)9(2)8-10(12)13/h8H,3-7H2,1-2H3,(H,12,13)/b9-8+. The highest BCUT2D eigenvalue weighted by Gasteiger charge is 2.06. The van der Waals surface area contributed by atoms with Crippen LogP contribution in [-0.2, 0) is 14.3 Å². The number of carboxylic acids is 1. The maximum absolute atomic E-state index is 11.2. The van der Waals surface area contributed by atoms with E-state index in [2.05, 4.69) is 6.92 Å². The summed E-state index contributed by atoms with van der Waals surface area (Å²) in [7, 11) is 0. The number of hydrogen-bond donors (Lipinski definition) is 1. The molecule has 0 radical (unpaired) electrons. The van der Waals surface area contributed by atoms with Crippen molar-refractivity contribution in [2.45, 2.75) is 39.5 Å². The summed E-state index contributed by atoms with van der Waals surface area (Å²) in [6, 6.07) is 0. The molecule has 0 fully saturated rings. The van der Waals surface area contributed by atoms with Gasteiger partial charge in [0.15, 0.2) is 0 Å². The van der Waals surface area contributed by atoms with Gasteiger partial charge in [0, 0.05) is 11.6 Å². The van der Waals surface area contributed by atoms with Gasteiger partial charge < -0.3 is 9.84 Å². The first-order valence-corrected chi connectivity index (χ1v) is 5.16. The summed E-state index contributed by atoms with van der Waals surface area (Å²) in [5.74, 6) is -1.68. The molecule has 0 aliphatic rings. The molecule has 0 aliphatic carbocycles. The predicted octanol–water partition coefficient (Wildman–Crippen LogP) is 2.14. The first-order valence-electron chi connectivity index (χ1n) is 5.16. The summed E-state index contributed by atoms with van der Waals surface area (Å²) in [5, 5.41) is 8.39. The van der Waals surface area contributed by atoms with Crippen LogP contribution in [0.5, 0.6) is 0 Å². The summed E-state index contributed by atoms with van der Waals surface area (Å²) >= 11 is 0. The Bertz CT molecular complexity index is 243. The fourth-order valence-corrected chi connectivity index (χ4v) is 1.05. The van der Waals surface area contributed by atoms with E-state index in [0.29, 0.717) is 6.61 Å². The van der Waals surface area contributed by atoms with Crippen molar-refractivity contribution in [3.05, 3.63) is 11.6 Å². The molecule has 0 heterocycles. The van der Waals surface area contributed by atoms with Gasteiger partial charge in [-0.15, -0.1) is 0 Å². The summed E-state index contributed by atoms with van der Waals surface area (Å²) in [5.41, 5.74) is 0.123. The zero-order valence-electron chi connectivity index (χ0n) is 9.28. The summed E-state index contributed by atoms with van der Waals surface area (Å²) < 4.78 is 4.88. The van der Waals surface area contributed by atoms with Crippen molar-refractivity contribution in [3.8, 4) is 0 Å². The molecule has 86 valence electrons. The minimum absolute atomic E-state index is 0.123. The van der Waals surface area contributed by atoms with E-state index in [9.17, 15) is 9.59 Å². The van der Waals surface area contributed by atoms with Gasteiger partial charge in [-0.05, 0) is 13.3 Å².